The topological polar surface area (TPSA) is 97.6 Å². The number of rotatable bonds is 4. The zero-order valence-corrected chi connectivity index (χ0v) is 14.3. The molecule has 3 rings (SSSR count). The SMILES string of the molecule is Cc1noc(C2COCCN2C(=O)CNC(=O)c2cccc(Cl)c2)n1. The molecule has 2 heterocycles. The Labute approximate surface area is 149 Å². The lowest BCUT2D eigenvalue weighted by Gasteiger charge is -2.33. The van der Waals surface area contributed by atoms with Crippen LogP contribution in [0.4, 0.5) is 0 Å². The summed E-state index contributed by atoms with van der Waals surface area (Å²) in [7, 11) is 0. The molecule has 0 bridgehead atoms. The molecule has 1 aliphatic rings. The Balaban J connectivity index is 1.63. The number of hydrogen-bond acceptors (Lipinski definition) is 6. The first kappa shape index (κ1) is 17.4. The lowest BCUT2D eigenvalue weighted by molar-refractivity contribution is -0.140. The van der Waals surface area contributed by atoms with Crippen LogP contribution >= 0.6 is 11.6 Å². The van der Waals surface area contributed by atoms with Gasteiger partial charge in [0.05, 0.1) is 19.8 Å². The van der Waals surface area contributed by atoms with E-state index >= 15 is 0 Å². The Kier molecular flexibility index (Phi) is 5.30. The highest BCUT2D eigenvalue weighted by molar-refractivity contribution is 6.30. The third kappa shape index (κ3) is 4.15. The lowest BCUT2D eigenvalue weighted by atomic mass is 10.2. The Morgan fingerprint density at radius 2 is 2.28 bits per heavy atom. The van der Waals surface area contributed by atoms with E-state index in [0.29, 0.717) is 35.5 Å². The Morgan fingerprint density at radius 3 is 3.00 bits per heavy atom. The molecule has 0 aliphatic carbocycles. The van der Waals surface area contributed by atoms with Crippen molar-refractivity contribution in [2.24, 2.45) is 0 Å². The van der Waals surface area contributed by atoms with Crippen molar-refractivity contribution < 1.29 is 18.8 Å². The highest BCUT2D eigenvalue weighted by atomic mass is 35.5. The summed E-state index contributed by atoms with van der Waals surface area (Å²) in [6, 6.07) is 6.07. The third-order valence-corrected chi connectivity index (χ3v) is 4.00. The van der Waals surface area contributed by atoms with Gasteiger partial charge in [0.15, 0.2) is 5.82 Å². The van der Waals surface area contributed by atoms with Gasteiger partial charge in [0.1, 0.15) is 6.04 Å². The first-order valence-corrected chi connectivity index (χ1v) is 8.13. The Morgan fingerprint density at radius 1 is 1.44 bits per heavy atom. The predicted octanol–water partition coefficient (Wildman–Crippen LogP) is 1.36. The second-order valence-electron chi connectivity index (χ2n) is 5.55. The fourth-order valence-corrected chi connectivity index (χ4v) is 2.73. The van der Waals surface area contributed by atoms with Crippen LogP contribution in [0.2, 0.25) is 5.02 Å². The van der Waals surface area contributed by atoms with Crippen molar-refractivity contribution in [2.45, 2.75) is 13.0 Å². The number of aryl methyl sites for hydroxylation is 1. The van der Waals surface area contributed by atoms with Crippen molar-refractivity contribution >= 4 is 23.4 Å². The van der Waals surface area contributed by atoms with E-state index in [1.165, 1.54) is 0 Å². The average molecular weight is 365 g/mol. The molecule has 0 saturated carbocycles. The summed E-state index contributed by atoms with van der Waals surface area (Å²) in [6.45, 7) is 2.63. The average Bonchev–Trinajstić information content (AvgIpc) is 3.05. The van der Waals surface area contributed by atoms with Gasteiger partial charge in [0.2, 0.25) is 5.91 Å². The standard InChI is InChI=1S/C16H17ClN4O4/c1-10-19-16(25-20-10)13-9-24-6-5-21(13)14(22)8-18-15(23)11-3-2-4-12(17)7-11/h2-4,7,13H,5-6,8-9H2,1H3,(H,18,23). The maximum Gasteiger partial charge on any atom is 0.251 e. The van der Waals surface area contributed by atoms with E-state index in [0.717, 1.165) is 0 Å². The summed E-state index contributed by atoms with van der Waals surface area (Å²) in [5.74, 6) is 0.197. The molecular formula is C16H17ClN4O4. The quantitative estimate of drug-likeness (QED) is 0.879. The van der Waals surface area contributed by atoms with E-state index in [-0.39, 0.29) is 25.0 Å². The fraction of sp³-hybridized carbons (Fsp3) is 0.375. The minimum atomic E-state index is -0.453. The number of carbonyl (C=O) groups excluding carboxylic acids is 2. The van der Waals surface area contributed by atoms with Gasteiger partial charge in [-0.1, -0.05) is 22.8 Å². The second kappa shape index (κ2) is 7.62. The normalized spacial score (nSPS) is 17.4. The fourth-order valence-electron chi connectivity index (χ4n) is 2.54. The van der Waals surface area contributed by atoms with Crippen LogP contribution in [0.25, 0.3) is 0 Å². The molecule has 1 fully saturated rings. The van der Waals surface area contributed by atoms with Crippen molar-refractivity contribution in [3.63, 3.8) is 0 Å². The summed E-state index contributed by atoms with van der Waals surface area (Å²) in [6.07, 6.45) is 0. The van der Waals surface area contributed by atoms with Gasteiger partial charge in [-0.2, -0.15) is 4.98 Å². The Bertz CT molecular complexity index is 779. The molecule has 1 saturated heterocycles. The van der Waals surface area contributed by atoms with E-state index in [1.54, 1.807) is 36.1 Å². The number of benzene rings is 1. The molecule has 132 valence electrons. The highest BCUT2D eigenvalue weighted by Gasteiger charge is 2.32. The largest absolute Gasteiger partial charge is 0.377 e. The first-order valence-electron chi connectivity index (χ1n) is 7.76. The van der Waals surface area contributed by atoms with Gasteiger partial charge in [0, 0.05) is 17.1 Å². The van der Waals surface area contributed by atoms with Gasteiger partial charge in [-0.15, -0.1) is 0 Å². The van der Waals surface area contributed by atoms with Crippen molar-refractivity contribution in [2.75, 3.05) is 26.3 Å². The number of aromatic nitrogens is 2. The molecule has 1 aliphatic heterocycles. The van der Waals surface area contributed by atoms with E-state index < -0.39 is 6.04 Å². The zero-order chi connectivity index (χ0) is 17.8. The van der Waals surface area contributed by atoms with Gasteiger partial charge in [-0.25, -0.2) is 0 Å². The van der Waals surface area contributed by atoms with Crippen LogP contribution in [0.5, 0.6) is 0 Å². The first-order chi connectivity index (χ1) is 12.0. The second-order valence-corrected chi connectivity index (χ2v) is 5.99. The van der Waals surface area contributed by atoms with E-state index in [2.05, 4.69) is 15.5 Å². The van der Waals surface area contributed by atoms with Crippen molar-refractivity contribution in [1.82, 2.24) is 20.4 Å². The minimum Gasteiger partial charge on any atom is -0.377 e. The Hall–Kier alpha value is -2.45. The van der Waals surface area contributed by atoms with E-state index in [9.17, 15) is 9.59 Å². The van der Waals surface area contributed by atoms with Crippen molar-refractivity contribution in [3.8, 4) is 0 Å². The molecule has 25 heavy (non-hydrogen) atoms. The van der Waals surface area contributed by atoms with Gasteiger partial charge >= 0.3 is 0 Å². The molecule has 1 atom stereocenters. The molecule has 1 aromatic heterocycles. The number of nitrogens with one attached hydrogen (secondary N) is 1. The summed E-state index contributed by atoms with van der Waals surface area (Å²) in [5.41, 5.74) is 0.395. The summed E-state index contributed by atoms with van der Waals surface area (Å²) in [4.78, 5) is 30.4. The minimum absolute atomic E-state index is 0.144. The highest BCUT2D eigenvalue weighted by Crippen LogP contribution is 2.22. The molecule has 9 heteroatoms. The number of halogens is 1. The number of nitrogens with zero attached hydrogens (tertiary/aromatic N) is 3. The summed E-state index contributed by atoms with van der Waals surface area (Å²) < 4.78 is 10.6. The van der Waals surface area contributed by atoms with Crippen molar-refractivity contribution in [3.05, 3.63) is 46.6 Å². The number of ether oxygens (including phenoxy) is 1. The van der Waals surface area contributed by atoms with Crippen LogP contribution in [-0.2, 0) is 9.53 Å². The molecule has 1 aromatic carbocycles. The maximum absolute atomic E-state index is 12.5. The van der Waals surface area contributed by atoms with Gasteiger partial charge in [0.25, 0.3) is 11.8 Å². The van der Waals surface area contributed by atoms with Gasteiger partial charge in [-0.3, -0.25) is 9.59 Å². The van der Waals surface area contributed by atoms with E-state index in [1.807, 2.05) is 0 Å². The number of carbonyl (C=O) groups is 2. The van der Waals surface area contributed by atoms with Crippen LogP contribution in [0, 0.1) is 6.92 Å². The number of morpholine rings is 1. The molecule has 1 unspecified atom stereocenters. The molecular weight excluding hydrogens is 348 g/mol. The van der Waals surface area contributed by atoms with Gasteiger partial charge in [-0.05, 0) is 25.1 Å². The van der Waals surface area contributed by atoms with Crippen molar-refractivity contribution in [1.29, 1.82) is 0 Å². The summed E-state index contributed by atoms with van der Waals surface area (Å²) >= 11 is 5.87. The number of hydrogen-bond donors (Lipinski definition) is 1. The van der Waals surface area contributed by atoms with Gasteiger partial charge < -0.3 is 19.5 Å². The molecule has 0 radical (unpaired) electrons. The predicted molar refractivity (Wildman–Crippen MR) is 88.1 cm³/mol. The van der Waals surface area contributed by atoms with Crippen LogP contribution in [0.3, 0.4) is 0 Å². The smallest absolute Gasteiger partial charge is 0.251 e. The molecule has 1 N–H and O–H groups in total. The number of amides is 2. The maximum atomic E-state index is 12.5. The zero-order valence-electron chi connectivity index (χ0n) is 13.6. The van der Waals surface area contributed by atoms with Crippen LogP contribution in [0.1, 0.15) is 28.1 Å². The van der Waals surface area contributed by atoms with Crippen LogP contribution < -0.4 is 5.32 Å². The van der Waals surface area contributed by atoms with Crippen LogP contribution in [0.15, 0.2) is 28.8 Å². The molecule has 2 aromatic rings. The monoisotopic (exact) mass is 364 g/mol. The lowest BCUT2D eigenvalue weighted by Crippen LogP contribution is -2.47. The third-order valence-electron chi connectivity index (χ3n) is 3.76. The summed E-state index contributed by atoms with van der Waals surface area (Å²) in [5, 5.41) is 6.81. The molecule has 0 spiro atoms. The molecule has 8 nitrogen and oxygen atoms in total. The van der Waals surface area contributed by atoms with Crippen LogP contribution in [-0.4, -0.2) is 53.2 Å². The molecule has 2 amide bonds. The van der Waals surface area contributed by atoms with E-state index in [4.69, 9.17) is 20.9 Å².